The van der Waals surface area contributed by atoms with Crippen molar-refractivity contribution in [3.63, 3.8) is 0 Å². The first-order chi connectivity index (χ1) is 8.52. The van der Waals surface area contributed by atoms with E-state index in [0.29, 0.717) is 11.3 Å². The Morgan fingerprint density at radius 3 is 2.78 bits per heavy atom. The molecular formula is C15H21ClFN. The minimum absolute atomic E-state index is 0.204. The quantitative estimate of drug-likeness (QED) is 0.711. The summed E-state index contributed by atoms with van der Waals surface area (Å²) in [7, 11) is 0. The second-order valence-corrected chi connectivity index (χ2v) is 6.18. The summed E-state index contributed by atoms with van der Waals surface area (Å²) in [6.07, 6.45) is 3.61. The summed E-state index contributed by atoms with van der Waals surface area (Å²) in [6, 6.07) is 4.95. The number of benzene rings is 1. The first-order valence-corrected chi connectivity index (χ1v) is 7.15. The van der Waals surface area contributed by atoms with Crippen molar-refractivity contribution in [2.75, 3.05) is 18.0 Å². The molecule has 1 aromatic rings. The van der Waals surface area contributed by atoms with E-state index in [2.05, 4.69) is 18.7 Å². The van der Waals surface area contributed by atoms with Crippen molar-refractivity contribution >= 4 is 17.3 Å². The van der Waals surface area contributed by atoms with Gasteiger partial charge in [0.1, 0.15) is 5.82 Å². The van der Waals surface area contributed by atoms with Gasteiger partial charge in [-0.25, -0.2) is 4.39 Å². The second kappa shape index (κ2) is 5.48. The van der Waals surface area contributed by atoms with Gasteiger partial charge in [0.25, 0.3) is 0 Å². The van der Waals surface area contributed by atoms with Crippen LogP contribution in [0.5, 0.6) is 0 Å². The highest BCUT2D eigenvalue weighted by atomic mass is 35.5. The van der Waals surface area contributed by atoms with Crippen LogP contribution >= 0.6 is 11.6 Å². The molecule has 0 atom stereocenters. The molecule has 0 bridgehead atoms. The monoisotopic (exact) mass is 269 g/mol. The van der Waals surface area contributed by atoms with Crippen LogP contribution < -0.4 is 4.90 Å². The van der Waals surface area contributed by atoms with Crippen molar-refractivity contribution in [3.05, 3.63) is 29.6 Å². The lowest BCUT2D eigenvalue weighted by Crippen LogP contribution is -2.26. The van der Waals surface area contributed by atoms with Gasteiger partial charge in [0.2, 0.25) is 0 Å². The zero-order valence-corrected chi connectivity index (χ0v) is 11.9. The molecule has 0 aliphatic carbocycles. The average molecular weight is 270 g/mol. The smallest absolute Gasteiger partial charge is 0.123 e. The zero-order chi connectivity index (χ0) is 13.2. The number of alkyl halides is 1. The second-order valence-electron chi connectivity index (χ2n) is 5.91. The first-order valence-electron chi connectivity index (χ1n) is 6.61. The van der Waals surface area contributed by atoms with E-state index in [0.717, 1.165) is 24.3 Å². The predicted octanol–water partition coefficient (Wildman–Crippen LogP) is 4.58. The van der Waals surface area contributed by atoms with Crippen molar-refractivity contribution in [3.8, 4) is 0 Å². The van der Waals surface area contributed by atoms with Crippen LogP contribution in [-0.2, 0) is 5.88 Å². The number of hydrogen-bond donors (Lipinski definition) is 0. The maximum atomic E-state index is 13.2. The largest absolute Gasteiger partial charge is 0.371 e. The molecule has 18 heavy (non-hydrogen) atoms. The van der Waals surface area contributed by atoms with Gasteiger partial charge in [0.05, 0.1) is 0 Å². The van der Waals surface area contributed by atoms with E-state index in [-0.39, 0.29) is 5.82 Å². The maximum Gasteiger partial charge on any atom is 0.123 e. The van der Waals surface area contributed by atoms with E-state index in [1.54, 1.807) is 6.07 Å². The molecule has 0 N–H and O–H groups in total. The fourth-order valence-electron chi connectivity index (χ4n) is 2.63. The lowest BCUT2D eigenvalue weighted by molar-refractivity contribution is 0.325. The van der Waals surface area contributed by atoms with Gasteiger partial charge in [-0.05, 0) is 48.4 Å². The highest BCUT2D eigenvalue weighted by Gasteiger charge is 2.24. The van der Waals surface area contributed by atoms with Crippen LogP contribution in [0.4, 0.5) is 10.1 Å². The Bertz CT molecular complexity index is 417. The molecule has 0 saturated carbocycles. The molecule has 0 amide bonds. The fourth-order valence-corrected chi connectivity index (χ4v) is 2.85. The van der Waals surface area contributed by atoms with Crippen molar-refractivity contribution in [1.82, 2.24) is 0 Å². The number of anilines is 1. The van der Waals surface area contributed by atoms with E-state index in [1.807, 2.05) is 6.07 Å². The van der Waals surface area contributed by atoms with Crippen molar-refractivity contribution in [1.29, 1.82) is 0 Å². The Hall–Kier alpha value is -0.760. The molecule has 1 aliphatic rings. The number of halogens is 2. The molecule has 1 heterocycles. The summed E-state index contributed by atoms with van der Waals surface area (Å²) >= 11 is 5.93. The highest BCUT2D eigenvalue weighted by Crippen LogP contribution is 2.33. The van der Waals surface area contributed by atoms with E-state index >= 15 is 0 Å². The third-order valence-corrected chi connectivity index (χ3v) is 4.15. The summed E-state index contributed by atoms with van der Waals surface area (Å²) in [4.78, 5) is 2.35. The topological polar surface area (TPSA) is 3.24 Å². The van der Waals surface area contributed by atoms with Gasteiger partial charge in [-0.1, -0.05) is 13.8 Å². The SMILES string of the molecule is CC1(C)CCCN(c2ccc(F)cc2CCl)CC1. The van der Waals surface area contributed by atoms with E-state index in [9.17, 15) is 4.39 Å². The molecule has 2 rings (SSSR count). The lowest BCUT2D eigenvalue weighted by Gasteiger charge is -2.26. The van der Waals surface area contributed by atoms with E-state index < -0.39 is 0 Å². The average Bonchev–Trinajstić information content (AvgIpc) is 2.50. The molecular weight excluding hydrogens is 249 g/mol. The summed E-state index contributed by atoms with van der Waals surface area (Å²) < 4.78 is 13.2. The van der Waals surface area contributed by atoms with Crippen LogP contribution in [0.2, 0.25) is 0 Å². The Kier molecular flexibility index (Phi) is 4.16. The Balaban J connectivity index is 2.21. The molecule has 1 saturated heterocycles. The van der Waals surface area contributed by atoms with Crippen LogP contribution in [-0.4, -0.2) is 13.1 Å². The lowest BCUT2D eigenvalue weighted by atomic mass is 9.85. The molecule has 0 aromatic heterocycles. The van der Waals surface area contributed by atoms with Gasteiger partial charge in [0.15, 0.2) is 0 Å². The van der Waals surface area contributed by atoms with Crippen LogP contribution in [0, 0.1) is 11.2 Å². The maximum absolute atomic E-state index is 13.2. The Morgan fingerprint density at radius 1 is 1.28 bits per heavy atom. The van der Waals surface area contributed by atoms with Gasteiger partial charge in [-0.2, -0.15) is 0 Å². The van der Waals surface area contributed by atoms with Crippen LogP contribution in [0.25, 0.3) is 0 Å². The fraction of sp³-hybridized carbons (Fsp3) is 0.600. The van der Waals surface area contributed by atoms with Gasteiger partial charge in [-0.3, -0.25) is 0 Å². The van der Waals surface area contributed by atoms with Crippen LogP contribution in [0.1, 0.15) is 38.7 Å². The van der Waals surface area contributed by atoms with E-state index in [4.69, 9.17) is 11.6 Å². The molecule has 1 aliphatic heterocycles. The van der Waals surface area contributed by atoms with Gasteiger partial charge in [0, 0.05) is 24.7 Å². The first kappa shape index (κ1) is 13.7. The predicted molar refractivity (Wildman–Crippen MR) is 75.8 cm³/mol. The van der Waals surface area contributed by atoms with Gasteiger partial charge < -0.3 is 4.90 Å². The van der Waals surface area contributed by atoms with Crippen molar-refractivity contribution < 1.29 is 4.39 Å². The van der Waals surface area contributed by atoms with Crippen molar-refractivity contribution in [2.45, 2.75) is 39.0 Å². The minimum Gasteiger partial charge on any atom is -0.371 e. The third kappa shape index (κ3) is 3.17. The molecule has 1 aromatic carbocycles. The molecule has 1 fully saturated rings. The summed E-state index contributed by atoms with van der Waals surface area (Å²) in [5.74, 6) is 0.164. The number of hydrogen-bond acceptors (Lipinski definition) is 1. The molecule has 1 nitrogen and oxygen atoms in total. The van der Waals surface area contributed by atoms with Gasteiger partial charge >= 0.3 is 0 Å². The molecule has 0 spiro atoms. The molecule has 0 unspecified atom stereocenters. The number of nitrogens with zero attached hydrogens (tertiary/aromatic N) is 1. The van der Waals surface area contributed by atoms with Gasteiger partial charge in [-0.15, -0.1) is 11.6 Å². The zero-order valence-electron chi connectivity index (χ0n) is 11.2. The highest BCUT2D eigenvalue weighted by molar-refractivity contribution is 6.17. The summed E-state index contributed by atoms with van der Waals surface area (Å²) in [5, 5.41) is 0. The van der Waals surface area contributed by atoms with Crippen LogP contribution in [0.3, 0.4) is 0 Å². The van der Waals surface area contributed by atoms with E-state index in [1.165, 1.54) is 25.3 Å². The Labute approximate surface area is 114 Å². The van der Waals surface area contributed by atoms with Crippen LogP contribution in [0.15, 0.2) is 18.2 Å². The van der Waals surface area contributed by atoms with Crippen molar-refractivity contribution in [2.24, 2.45) is 5.41 Å². The number of rotatable bonds is 2. The Morgan fingerprint density at radius 2 is 2.06 bits per heavy atom. The molecule has 3 heteroatoms. The summed E-state index contributed by atoms with van der Waals surface area (Å²) in [5.41, 5.74) is 2.41. The molecule has 100 valence electrons. The minimum atomic E-state index is -0.204. The normalized spacial score (nSPS) is 19.7. The summed E-state index contributed by atoms with van der Waals surface area (Å²) in [6.45, 7) is 6.72. The standard InChI is InChI=1S/C15H21ClFN/c1-15(2)6-3-8-18(9-7-15)14-5-4-13(17)10-12(14)11-16/h4-5,10H,3,6-9,11H2,1-2H3. The third-order valence-electron chi connectivity index (χ3n) is 3.87. The molecule has 0 radical (unpaired) electrons.